The summed E-state index contributed by atoms with van der Waals surface area (Å²) in [6.07, 6.45) is -1.60. The number of rotatable bonds is 3. The number of aliphatic hydroxyl groups excluding tert-OH is 1. The second kappa shape index (κ2) is 5.26. The molecular formula is C10H13BFNO4. The summed E-state index contributed by atoms with van der Waals surface area (Å²) in [5.41, 5.74) is -0.246. The number of halogens is 1. The van der Waals surface area contributed by atoms with Crippen molar-refractivity contribution in [3.05, 3.63) is 29.6 Å². The number of aliphatic hydroxyl groups is 1. The highest BCUT2D eigenvalue weighted by atomic mass is 19.1. The van der Waals surface area contributed by atoms with E-state index in [1.54, 1.807) is 0 Å². The summed E-state index contributed by atoms with van der Waals surface area (Å²) >= 11 is 0. The van der Waals surface area contributed by atoms with E-state index < -0.39 is 24.9 Å². The summed E-state index contributed by atoms with van der Waals surface area (Å²) in [6.45, 7) is 0. The number of hydrogen-bond acceptors (Lipinski definition) is 4. The van der Waals surface area contributed by atoms with Crippen molar-refractivity contribution in [2.75, 3.05) is 14.1 Å². The number of amides is 1. The van der Waals surface area contributed by atoms with Gasteiger partial charge in [-0.05, 0) is 11.5 Å². The van der Waals surface area contributed by atoms with Gasteiger partial charge in [0, 0.05) is 19.7 Å². The molecule has 1 amide bonds. The van der Waals surface area contributed by atoms with Crippen molar-refractivity contribution in [2.45, 2.75) is 6.10 Å². The molecule has 1 atom stereocenters. The Morgan fingerprint density at radius 1 is 1.41 bits per heavy atom. The van der Waals surface area contributed by atoms with Crippen LogP contribution in [0.3, 0.4) is 0 Å². The molecule has 0 saturated carbocycles. The Balaban J connectivity index is 3.04. The Hall–Kier alpha value is -1.44. The van der Waals surface area contributed by atoms with E-state index in [1.165, 1.54) is 20.2 Å². The van der Waals surface area contributed by atoms with E-state index in [1.807, 2.05) is 0 Å². The molecule has 1 aromatic rings. The van der Waals surface area contributed by atoms with Crippen molar-refractivity contribution in [3.63, 3.8) is 0 Å². The zero-order valence-corrected chi connectivity index (χ0v) is 9.46. The molecule has 0 bridgehead atoms. The van der Waals surface area contributed by atoms with Gasteiger partial charge in [-0.3, -0.25) is 4.79 Å². The Kier molecular flexibility index (Phi) is 4.22. The fourth-order valence-electron chi connectivity index (χ4n) is 1.30. The van der Waals surface area contributed by atoms with Crippen LogP contribution in [0.25, 0.3) is 0 Å². The topological polar surface area (TPSA) is 81.0 Å². The van der Waals surface area contributed by atoms with Gasteiger partial charge in [0.05, 0.1) is 0 Å². The molecule has 1 aromatic carbocycles. The van der Waals surface area contributed by atoms with Gasteiger partial charge in [-0.2, -0.15) is 0 Å². The maximum Gasteiger partial charge on any atom is 0.488 e. The van der Waals surface area contributed by atoms with Gasteiger partial charge < -0.3 is 20.1 Å². The van der Waals surface area contributed by atoms with Gasteiger partial charge >= 0.3 is 7.12 Å². The van der Waals surface area contributed by atoms with Gasteiger partial charge in [0.2, 0.25) is 0 Å². The zero-order chi connectivity index (χ0) is 13.2. The predicted molar refractivity (Wildman–Crippen MR) is 59.9 cm³/mol. The van der Waals surface area contributed by atoms with Gasteiger partial charge in [-0.15, -0.1) is 0 Å². The van der Waals surface area contributed by atoms with Crippen molar-refractivity contribution >= 4 is 18.5 Å². The number of hydrogen-bond donors (Lipinski definition) is 3. The van der Waals surface area contributed by atoms with Crippen LogP contribution in [0, 0.1) is 5.82 Å². The highest BCUT2D eigenvalue weighted by molar-refractivity contribution is 6.58. The maximum absolute atomic E-state index is 13.5. The zero-order valence-electron chi connectivity index (χ0n) is 9.46. The van der Waals surface area contributed by atoms with Crippen LogP contribution >= 0.6 is 0 Å². The lowest BCUT2D eigenvalue weighted by atomic mass is 9.79. The van der Waals surface area contributed by atoms with Crippen LogP contribution in [0.5, 0.6) is 0 Å². The van der Waals surface area contributed by atoms with Gasteiger partial charge in [0.15, 0.2) is 6.10 Å². The first-order valence-electron chi connectivity index (χ1n) is 4.89. The smallest absolute Gasteiger partial charge is 0.423 e. The summed E-state index contributed by atoms with van der Waals surface area (Å²) in [6, 6.07) is 3.25. The number of likely N-dealkylation sites (N-methyl/N-ethyl adjacent to an activating group) is 1. The van der Waals surface area contributed by atoms with Gasteiger partial charge in [-0.25, -0.2) is 4.39 Å². The van der Waals surface area contributed by atoms with Crippen molar-refractivity contribution in [3.8, 4) is 0 Å². The summed E-state index contributed by atoms with van der Waals surface area (Å²) in [5.74, 6) is -1.51. The van der Waals surface area contributed by atoms with Crippen LogP contribution in [0.2, 0.25) is 0 Å². The molecule has 92 valence electrons. The molecule has 0 aliphatic rings. The van der Waals surface area contributed by atoms with Crippen LogP contribution in [0.4, 0.5) is 4.39 Å². The minimum atomic E-state index is -1.79. The van der Waals surface area contributed by atoms with E-state index in [0.29, 0.717) is 0 Å². The Bertz CT molecular complexity index is 425. The SMILES string of the molecule is CN(C)C(=O)C(O)c1ccc(B(O)O)cc1F. The lowest BCUT2D eigenvalue weighted by Crippen LogP contribution is -2.32. The van der Waals surface area contributed by atoms with E-state index in [9.17, 15) is 14.3 Å². The summed E-state index contributed by atoms with van der Waals surface area (Å²) in [5, 5.41) is 27.3. The molecule has 7 heteroatoms. The van der Waals surface area contributed by atoms with Crippen molar-refractivity contribution in [1.29, 1.82) is 0 Å². The Morgan fingerprint density at radius 3 is 2.41 bits per heavy atom. The van der Waals surface area contributed by atoms with Crippen molar-refractivity contribution in [1.82, 2.24) is 4.90 Å². The quantitative estimate of drug-likeness (QED) is 0.570. The highest BCUT2D eigenvalue weighted by Crippen LogP contribution is 2.17. The molecular weight excluding hydrogens is 228 g/mol. The van der Waals surface area contributed by atoms with E-state index in [0.717, 1.165) is 17.0 Å². The largest absolute Gasteiger partial charge is 0.488 e. The molecule has 0 radical (unpaired) electrons. The fourth-order valence-corrected chi connectivity index (χ4v) is 1.30. The van der Waals surface area contributed by atoms with Crippen molar-refractivity contribution < 1.29 is 24.3 Å². The maximum atomic E-state index is 13.5. The van der Waals surface area contributed by atoms with Crippen molar-refractivity contribution in [2.24, 2.45) is 0 Å². The molecule has 0 fully saturated rings. The predicted octanol–water partition coefficient (Wildman–Crippen LogP) is -1.37. The van der Waals surface area contributed by atoms with Crippen LogP contribution in [0.15, 0.2) is 18.2 Å². The number of benzene rings is 1. The second-order valence-corrected chi connectivity index (χ2v) is 3.79. The average molecular weight is 241 g/mol. The number of nitrogens with zero attached hydrogens (tertiary/aromatic N) is 1. The summed E-state index contributed by atoms with van der Waals surface area (Å²) in [4.78, 5) is 12.6. The lowest BCUT2D eigenvalue weighted by molar-refractivity contribution is -0.138. The van der Waals surface area contributed by atoms with E-state index in [-0.39, 0.29) is 11.0 Å². The van der Waals surface area contributed by atoms with E-state index >= 15 is 0 Å². The van der Waals surface area contributed by atoms with Gasteiger partial charge in [0.1, 0.15) is 5.82 Å². The van der Waals surface area contributed by atoms with Crippen LogP contribution in [0.1, 0.15) is 11.7 Å². The van der Waals surface area contributed by atoms with Crippen LogP contribution in [-0.4, -0.2) is 47.2 Å². The van der Waals surface area contributed by atoms with E-state index in [2.05, 4.69) is 0 Å². The molecule has 1 unspecified atom stereocenters. The summed E-state index contributed by atoms with van der Waals surface area (Å²) in [7, 11) is 1.09. The lowest BCUT2D eigenvalue weighted by Gasteiger charge is -2.16. The summed E-state index contributed by atoms with van der Waals surface area (Å²) < 4.78 is 13.5. The minimum Gasteiger partial charge on any atom is -0.423 e. The standard InChI is InChI=1S/C10H13BFNO4/c1-13(2)10(15)9(14)7-4-3-6(11(16)17)5-8(7)12/h3-5,9,14,16-17H,1-2H3. The molecule has 1 rings (SSSR count). The molecule has 3 N–H and O–H groups in total. The molecule has 5 nitrogen and oxygen atoms in total. The average Bonchev–Trinajstić information content (AvgIpc) is 2.26. The third kappa shape index (κ3) is 3.03. The van der Waals surface area contributed by atoms with Gasteiger partial charge in [-0.1, -0.05) is 12.1 Å². The highest BCUT2D eigenvalue weighted by Gasteiger charge is 2.23. The monoisotopic (exact) mass is 241 g/mol. The normalized spacial score (nSPS) is 12.1. The molecule has 0 heterocycles. The molecule has 0 aliphatic heterocycles. The van der Waals surface area contributed by atoms with Crippen LogP contribution in [-0.2, 0) is 4.79 Å². The molecule has 0 aromatic heterocycles. The number of carbonyl (C=O) groups excluding carboxylic acids is 1. The van der Waals surface area contributed by atoms with Gasteiger partial charge in [0.25, 0.3) is 5.91 Å². The first-order chi connectivity index (χ1) is 7.84. The first-order valence-corrected chi connectivity index (χ1v) is 4.89. The molecule has 0 saturated heterocycles. The molecule has 0 aliphatic carbocycles. The minimum absolute atomic E-state index is 0.0456. The van der Waals surface area contributed by atoms with Crippen LogP contribution < -0.4 is 5.46 Å². The van der Waals surface area contributed by atoms with E-state index in [4.69, 9.17) is 10.0 Å². The third-order valence-electron chi connectivity index (χ3n) is 2.29. The molecule has 0 spiro atoms. The number of carbonyl (C=O) groups is 1. The third-order valence-corrected chi connectivity index (χ3v) is 2.29. The fraction of sp³-hybridized carbons (Fsp3) is 0.300. The Labute approximate surface area is 98.3 Å². The first kappa shape index (κ1) is 13.6. The second-order valence-electron chi connectivity index (χ2n) is 3.79. The Morgan fingerprint density at radius 2 is 2.00 bits per heavy atom. The molecule has 17 heavy (non-hydrogen) atoms.